The van der Waals surface area contributed by atoms with Crippen LogP contribution < -0.4 is 15.8 Å². The maximum Gasteiger partial charge on any atom is 0.236 e. The molecule has 100 valence electrons. The van der Waals surface area contributed by atoms with Gasteiger partial charge in [0, 0.05) is 0 Å². The minimum atomic E-state index is -0.479. The number of benzene rings is 1. The van der Waals surface area contributed by atoms with Crippen molar-refractivity contribution in [3.63, 3.8) is 0 Å². The molecule has 0 aliphatic carbocycles. The van der Waals surface area contributed by atoms with Crippen LogP contribution in [0.4, 0.5) is 0 Å². The summed E-state index contributed by atoms with van der Waals surface area (Å²) in [7, 11) is 0. The van der Waals surface area contributed by atoms with E-state index in [9.17, 15) is 4.79 Å². The molecule has 1 rings (SSSR count). The second-order valence-corrected chi connectivity index (χ2v) is 4.66. The Balaban J connectivity index is 2.47. The molecule has 3 N–H and O–H groups in total. The number of carbonyl (C=O) groups excluding carboxylic acids is 1. The summed E-state index contributed by atoms with van der Waals surface area (Å²) in [6.45, 7) is 8.68. The molecule has 0 bridgehead atoms. The zero-order valence-corrected chi connectivity index (χ0v) is 11.5. The predicted octanol–water partition coefficient (Wildman–Crippen LogP) is 1.45. The van der Waals surface area contributed by atoms with E-state index in [-0.39, 0.29) is 5.91 Å². The molecule has 0 heterocycles. The molecule has 1 aromatic rings. The highest BCUT2D eigenvalue weighted by Crippen LogP contribution is 2.24. The zero-order valence-electron chi connectivity index (χ0n) is 11.5. The van der Waals surface area contributed by atoms with Crippen LogP contribution in [0.25, 0.3) is 0 Å². The SMILES string of the molecule is Cc1cc(C)c(OCCNC(=O)C(C)N)c(C)c1. The van der Waals surface area contributed by atoms with E-state index in [0.29, 0.717) is 13.2 Å². The van der Waals surface area contributed by atoms with Gasteiger partial charge >= 0.3 is 0 Å². The van der Waals surface area contributed by atoms with Crippen molar-refractivity contribution in [3.05, 3.63) is 28.8 Å². The lowest BCUT2D eigenvalue weighted by Crippen LogP contribution is -2.40. The standard InChI is InChI=1S/C14H22N2O2/c1-9-7-10(2)13(11(3)8-9)18-6-5-16-14(17)12(4)15/h7-8,12H,5-6,15H2,1-4H3,(H,16,17). The molecule has 0 aliphatic rings. The monoisotopic (exact) mass is 250 g/mol. The van der Waals surface area contributed by atoms with Gasteiger partial charge in [-0.25, -0.2) is 0 Å². The van der Waals surface area contributed by atoms with Crippen molar-refractivity contribution in [1.82, 2.24) is 5.32 Å². The van der Waals surface area contributed by atoms with Crippen molar-refractivity contribution < 1.29 is 9.53 Å². The van der Waals surface area contributed by atoms with E-state index in [1.807, 2.05) is 13.8 Å². The summed E-state index contributed by atoms with van der Waals surface area (Å²) < 4.78 is 5.70. The summed E-state index contributed by atoms with van der Waals surface area (Å²) in [6, 6.07) is 3.69. The van der Waals surface area contributed by atoms with E-state index in [1.54, 1.807) is 6.92 Å². The number of aryl methyl sites for hydroxylation is 3. The molecular weight excluding hydrogens is 228 g/mol. The fourth-order valence-corrected chi connectivity index (χ4v) is 1.88. The zero-order chi connectivity index (χ0) is 13.7. The van der Waals surface area contributed by atoms with E-state index in [0.717, 1.165) is 16.9 Å². The molecule has 0 fully saturated rings. The summed E-state index contributed by atoms with van der Waals surface area (Å²) in [5, 5.41) is 2.71. The van der Waals surface area contributed by atoms with Crippen LogP contribution in [0.3, 0.4) is 0 Å². The lowest BCUT2D eigenvalue weighted by molar-refractivity contribution is -0.122. The van der Waals surface area contributed by atoms with Crippen LogP contribution in [0.1, 0.15) is 23.6 Å². The highest BCUT2D eigenvalue weighted by molar-refractivity contribution is 5.80. The maximum atomic E-state index is 11.2. The largest absolute Gasteiger partial charge is 0.491 e. The first-order chi connectivity index (χ1) is 8.41. The second kappa shape index (κ2) is 6.40. The molecule has 4 nitrogen and oxygen atoms in total. The molecule has 1 atom stereocenters. The third kappa shape index (κ3) is 4.04. The van der Waals surface area contributed by atoms with Crippen molar-refractivity contribution in [2.75, 3.05) is 13.2 Å². The number of ether oxygens (including phenoxy) is 1. The van der Waals surface area contributed by atoms with Crippen LogP contribution in [-0.4, -0.2) is 25.1 Å². The Hall–Kier alpha value is -1.55. The van der Waals surface area contributed by atoms with Crippen LogP contribution in [-0.2, 0) is 4.79 Å². The van der Waals surface area contributed by atoms with Crippen molar-refractivity contribution in [2.45, 2.75) is 33.7 Å². The molecule has 0 aliphatic heterocycles. The summed E-state index contributed by atoms with van der Waals surface area (Å²) >= 11 is 0. The Kier molecular flexibility index (Phi) is 5.16. The highest BCUT2D eigenvalue weighted by Gasteiger charge is 2.07. The van der Waals surface area contributed by atoms with Gasteiger partial charge in [0.15, 0.2) is 0 Å². The van der Waals surface area contributed by atoms with Crippen molar-refractivity contribution in [3.8, 4) is 5.75 Å². The smallest absolute Gasteiger partial charge is 0.236 e. The third-order valence-corrected chi connectivity index (χ3v) is 2.67. The minimum Gasteiger partial charge on any atom is -0.491 e. The summed E-state index contributed by atoms with van der Waals surface area (Å²) in [5.74, 6) is 0.742. The van der Waals surface area contributed by atoms with Crippen LogP contribution in [0, 0.1) is 20.8 Å². The van der Waals surface area contributed by atoms with E-state index in [1.165, 1.54) is 5.56 Å². The van der Waals surface area contributed by atoms with Gasteiger partial charge in [-0.15, -0.1) is 0 Å². The summed E-state index contributed by atoms with van der Waals surface area (Å²) in [4.78, 5) is 11.2. The Labute approximate surface area is 109 Å². The predicted molar refractivity (Wildman–Crippen MR) is 72.8 cm³/mol. The minimum absolute atomic E-state index is 0.157. The number of hydrogen-bond acceptors (Lipinski definition) is 3. The first-order valence-corrected chi connectivity index (χ1v) is 6.15. The average molecular weight is 250 g/mol. The molecule has 4 heteroatoms. The van der Waals surface area contributed by atoms with Gasteiger partial charge in [0.2, 0.25) is 5.91 Å². The van der Waals surface area contributed by atoms with Crippen LogP contribution >= 0.6 is 0 Å². The average Bonchev–Trinajstić information content (AvgIpc) is 2.26. The summed E-state index contributed by atoms with van der Waals surface area (Å²) in [5.41, 5.74) is 8.90. The van der Waals surface area contributed by atoms with E-state index < -0.39 is 6.04 Å². The Morgan fingerprint density at radius 2 is 1.89 bits per heavy atom. The van der Waals surface area contributed by atoms with Gasteiger partial charge in [-0.2, -0.15) is 0 Å². The number of hydrogen-bond donors (Lipinski definition) is 2. The molecule has 0 radical (unpaired) electrons. The van der Waals surface area contributed by atoms with Crippen LogP contribution in [0.2, 0.25) is 0 Å². The van der Waals surface area contributed by atoms with E-state index in [2.05, 4.69) is 24.4 Å². The topological polar surface area (TPSA) is 64.3 Å². The first kappa shape index (κ1) is 14.5. The lowest BCUT2D eigenvalue weighted by Gasteiger charge is -2.14. The fourth-order valence-electron chi connectivity index (χ4n) is 1.88. The number of nitrogens with one attached hydrogen (secondary N) is 1. The molecule has 0 saturated carbocycles. The number of carbonyl (C=O) groups is 1. The number of amides is 1. The molecule has 0 saturated heterocycles. The quantitative estimate of drug-likeness (QED) is 0.777. The Morgan fingerprint density at radius 3 is 2.39 bits per heavy atom. The van der Waals surface area contributed by atoms with Crippen molar-refractivity contribution in [2.24, 2.45) is 5.73 Å². The normalized spacial score (nSPS) is 12.1. The number of nitrogens with two attached hydrogens (primary N) is 1. The van der Waals surface area contributed by atoms with Gasteiger partial charge in [-0.05, 0) is 38.8 Å². The molecule has 18 heavy (non-hydrogen) atoms. The van der Waals surface area contributed by atoms with Gasteiger partial charge in [-0.3, -0.25) is 4.79 Å². The molecular formula is C14H22N2O2. The Morgan fingerprint density at radius 1 is 1.33 bits per heavy atom. The Bertz CT molecular complexity index is 405. The molecule has 1 aromatic carbocycles. The number of rotatable bonds is 5. The van der Waals surface area contributed by atoms with Gasteiger partial charge in [0.25, 0.3) is 0 Å². The van der Waals surface area contributed by atoms with Gasteiger partial charge in [0.05, 0.1) is 12.6 Å². The van der Waals surface area contributed by atoms with E-state index >= 15 is 0 Å². The van der Waals surface area contributed by atoms with Crippen molar-refractivity contribution in [1.29, 1.82) is 0 Å². The lowest BCUT2D eigenvalue weighted by atomic mass is 10.1. The van der Waals surface area contributed by atoms with Gasteiger partial charge in [-0.1, -0.05) is 17.7 Å². The summed E-state index contributed by atoms with van der Waals surface area (Å²) in [6.07, 6.45) is 0. The van der Waals surface area contributed by atoms with Crippen LogP contribution in [0.5, 0.6) is 5.75 Å². The van der Waals surface area contributed by atoms with E-state index in [4.69, 9.17) is 10.5 Å². The maximum absolute atomic E-state index is 11.2. The molecule has 1 unspecified atom stereocenters. The molecule has 0 spiro atoms. The molecule has 0 aromatic heterocycles. The fraction of sp³-hybridized carbons (Fsp3) is 0.500. The van der Waals surface area contributed by atoms with Crippen molar-refractivity contribution >= 4 is 5.91 Å². The van der Waals surface area contributed by atoms with Crippen LogP contribution in [0.15, 0.2) is 12.1 Å². The third-order valence-electron chi connectivity index (χ3n) is 2.67. The van der Waals surface area contributed by atoms with Gasteiger partial charge < -0.3 is 15.8 Å². The second-order valence-electron chi connectivity index (χ2n) is 4.66. The van der Waals surface area contributed by atoms with Gasteiger partial charge in [0.1, 0.15) is 12.4 Å². The first-order valence-electron chi connectivity index (χ1n) is 6.15. The molecule has 1 amide bonds. The highest BCUT2D eigenvalue weighted by atomic mass is 16.5.